The van der Waals surface area contributed by atoms with Crippen LogP contribution in [0, 0.1) is 20.8 Å². The molecule has 0 unspecified atom stereocenters. The Kier molecular flexibility index (Phi) is 9.04. The van der Waals surface area contributed by atoms with Gasteiger partial charge in [-0.2, -0.15) is 0 Å². The largest absolute Gasteiger partial charge is 0.346 e. The first kappa shape index (κ1) is 25.7. The maximum atomic E-state index is 12.3. The molecule has 0 aromatic heterocycles. The molecule has 2 aromatic carbocycles. The molecule has 3 rings (SSSR count). The number of amides is 3. The minimum atomic E-state index is -0.252. The Morgan fingerprint density at radius 2 is 1.38 bits per heavy atom. The zero-order valence-corrected chi connectivity index (χ0v) is 20.7. The summed E-state index contributed by atoms with van der Waals surface area (Å²) in [6.45, 7) is 9.02. The second kappa shape index (κ2) is 12.0. The quantitative estimate of drug-likeness (QED) is 0.534. The third-order valence-electron chi connectivity index (χ3n) is 5.73. The van der Waals surface area contributed by atoms with Crippen LogP contribution in [0.3, 0.4) is 0 Å². The summed E-state index contributed by atoms with van der Waals surface area (Å²) in [5.74, 6) is -0.570. The van der Waals surface area contributed by atoms with Crippen molar-refractivity contribution in [1.82, 2.24) is 15.1 Å². The van der Waals surface area contributed by atoms with E-state index in [4.69, 9.17) is 11.6 Å². The van der Waals surface area contributed by atoms with E-state index in [1.54, 1.807) is 12.1 Å². The fourth-order valence-corrected chi connectivity index (χ4v) is 4.24. The molecule has 0 saturated carbocycles. The Balaban J connectivity index is 1.35. The van der Waals surface area contributed by atoms with Gasteiger partial charge >= 0.3 is 0 Å². The van der Waals surface area contributed by atoms with Crippen LogP contribution in [0.15, 0.2) is 36.4 Å². The minimum absolute atomic E-state index is 0.0756. The molecule has 0 atom stereocenters. The maximum Gasteiger partial charge on any atom is 0.243 e. The van der Waals surface area contributed by atoms with Gasteiger partial charge in [-0.1, -0.05) is 41.4 Å². The summed E-state index contributed by atoms with van der Waals surface area (Å²) in [6.07, 6.45) is 0. The molecular formula is C25H32ClN5O3. The van der Waals surface area contributed by atoms with Crippen molar-refractivity contribution in [3.8, 4) is 0 Å². The molecule has 182 valence electrons. The Labute approximate surface area is 205 Å². The molecule has 0 bridgehead atoms. The smallest absolute Gasteiger partial charge is 0.243 e. The summed E-state index contributed by atoms with van der Waals surface area (Å²) >= 11 is 6.09. The van der Waals surface area contributed by atoms with Gasteiger partial charge in [0.05, 0.1) is 30.3 Å². The van der Waals surface area contributed by atoms with Crippen LogP contribution >= 0.6 is 11.6 Å². The normalized spacial score (nSPS) is 14.5. The molecule has 1 aliphatic heterocycles. The summed E-state index contributed by atoms with van der Waals surface area (Å²) in [5.41, 5.74) is 4.52. The molecule has 1 fully saturated rings. The number of rotatable bonds is 8. The summed E-state index contributed by atoms with van der Waals surface area (Å²) in [7, 11) is 0. The molecule has 3 N–H and O–H groups in total. The Hall–Kier alpha value is -2.94. The van der Waals surface area contributed by atoms with E-state index in [1.807, 2.05) is 54.8 Å². The second-order valence-corrected chi connectivity index (χ2v) is 9.09. The van der Waals surface area contributed by atoms with Crippen molar-refractivity contribution in [1.29, 1.82) is 0 Å². The topological polar surface area (TPSA) is 93.8 Å². The Morgan fingerprint density at radius 3 is 1.97 bits per heavy atom. The second-order valence-electron chi connectivity index (χ2n) is 8.68. The van der Waals surface area contributed by atoms with Crippen LogP contribution in [0.2, 0.25) is 5.02 Å². The molecule has 8 nitrogen and oxygen atoms in total. The average Bonchev–Trinajstić information content (AvgIpc) is 2.78. The zero-order chi connectivity index (χ0) is 24.7. The molecule has 1 saturated heterocycles. The van der Waals surface area contributed by atoms with E-state index in [-0.39, 0.29) is 37.4 Å². The van der Waals surface area contributed by atoms with Crippen LogP contribution in [-0.2, 0) is 14.4 Å². The number of aryl methyl sites for hydroxylation is 3. The highest BCUT2D eigenvalue weighted by Crippen LogP contribution is 2.22. The number of nitrogens with zero attached hydrogens (tertiary/aromatic N) is 2. The first-order chi connectivity index (χ1) is 16.2. The number of nitrogens with one attached hydrogen (secondary N) is 3. The van der Waals surface area contributed by atoms with E-state index < -0.39 is 0 Å². The van der Waals surface area contributed by atoms with E-state index >= 15 is 0 Å². The molecule has 3 amide bonds. The molecular weight excluding hydrogens is 454 g/mol. The predicted octanol–water partition coefficient (Wildman–Crippen LogP) is 2.58. The van der Waals surface area contributed by atoms with Gasteiger partial charge in [-0.3, -0.25) is 24.2 Å². The molecule has 2 aromatic rings. The minimum Gasteiger partial charge on any atom is -0.346 e. The van der Waals surface area contributed by atoms with Gasteiger partial charge in [-0.25, -0.2) is 0 Å². The average molecular weight is 486 g/mol. The van der Waals surface area contributed by atoms with E-state index in [0.29, 0.717) is 36.9 Å². The zero-order valence-electron chi connectivity index (χ0n) is 19.9. The van der Waals surface area contributed by atoms with Crippen molar-refractivity contribution in [2.24, 2.45) is 0 Å². The monoisotopic (exact) mass is 485 g/mol. The fourth-order valence-electron chi connectivity index (χ4n) is 4.06. The lowest BCUT2D eigenvalue weighted by atomic mass is 10.1. The summed E-state index contributed by atoms with van der Waals surface area (Å²) in [4.78, 5) is 41.0. The van der Waals surface area contributed by atoms with Gasteiger partial charge in [0, 0.05) is 31.9 Å². The van der Waals surface area contributed by atoms with Crippen LogP contribution in [0.25, 0.3) is 0 Å². The number of halogens is 1. The maximum absolute atomic E-state index is 12.3. The molecule has 1 aliphatic rings. The lowest BCUT2D eigenvalue weighted by molar-refractivity contribution is -0.125. The van der Waals surface area contributed by atoms with Crippen molar-refractivity contribution in [3.63, 3.8) is 0 Å². The van der Waals surface area contributed by atoms with Crippen LogP contribution in [0.5, 0.6) is 0 Å². The standard InChI is InChI=1S/C25H32ClN5O3/c1-17-12-18(2)25(19(3)13-17)29-22(32)14-27-23(33)15-30-8-10-31(11-9-30)16-24(34)28-21-7-5-4-6-20(21)26/h4-7,12-13H,8-11,14-16H2,1-3H3,(H,27,33)(H,28,34)(H,29,32). The third kappa shape index (κ3) is 7.55. The van der Waals surface area contributed by atoms with E-state index in [0.717, 1.165) is 22.4 Å². The number of hydrogen-bond donors (Lipinski definition) is 3. The SMILES string of the molecule is Cc1cc(C)c(NC(=O)CNC(=O)CN2CCN(CC(=O)Nc3ccccc3Cl)CC2)c(C)c1. The highest BCUT2D eigenvalue weighted by atomic mass is 35.5. The molecule has 0 spiro atoms. The fraction of sp³-hybridized carbons (Fsp3) is 0.400. The summed E-state index contributed by atoms with van der Waals surface area (Å²) in [6, 6.07) is 11.2. The number of anilines is 2. The Morgan fingerprint density at radius 1 is 0.824 bits per heavy atom. The van der Waals surface area contributed by atoms with Crippen molar-refractivity contribution in [2.75, 3.05) is 56.4 Å². The molecule has 0 aliphatic carbocycles. The van der Waals surface area contributed by atoms with Crippen molar-refractivity contribution in [3.05, 3.63) is 58.1 Å². The molecule has 0 radical (unpaired) electrons. The number of para-hydroxylation sites is 1. The van der Waals surface area contributed by atoms with E-state index in [1.165, 1.54) is 0 Å². The molecule has 9 heteroatoms. The van der Waals surface area contributed by atoms with Gasteiger partial charge < -0.3 is 16.0 Å². The first-order valence-electron chi connectivity index (χ1n) is 11.3. The number of piperazine rings is 1. The first-order valence-corrected chi connectivity index (χ1v) is 11.7. The van der Waals surface area contributed by atoms with Crippen LogP contribution < -0.4 is 16.0 Å². The van der Waals surface area contributed by atoms with Gasteiger partial charge in [0.15, 0.2) is 0 Å². The summed E-state index contributed by atoms with van der Waals surface area (Å²) < 4.78 is 0. The number of benzene rings is 2. The van der Waals surface area contributed by atoms with E-state index in [2.05, 4.69) is 16.0 Å². The van der Waals surface area contributed by atoms with Gasteiger partial charge in [0.25, 0.3) is 0 Å². The highest BCUT2D eigenvalue weighted by Gasteiger charge is 2.21. The highest BCUT2D eigenvalue weighted by molar-refractivity contribution is 6.33. The van der Waals surface area contributed by atoms with Crippen molar-refractivity contribution in [2.45, 2.75) is 20.8 Å². The van der Waals surface area contributed by atoms with E-state index in [9.17, 15) is 14.4 Å². The molecule has 1 heterocycles. The number of carbonyl (C=O) groups excluding carboxylic acids is 3. The number of carbonyl (C=O) groups is 3. The third-order valence-corrected chi connectivity index (χ3v) is 6.06. The summed E-state index contributed by atoms with van der Waals surface area (Å²) in [5, 5.41) is 8.91. The van der Waals surface area contributed by atoms with Gasteiger partial charge in [-0.15, -0.1) is 0 Å². The lowest BCUT2D eigenvalue weighted by Gasteiger charge is -2.33. The van der Waals surface area contributed by atoms with Gasteiger partial charge in [-0.05, 0) is 44.0 Å². The van der Waals surface area contributed by atoms with Crippen molar-refractivity contribution < 1.29 is 14.4 Å². The van der Waals surface area contributed by atoms with Gasteiger partial charge in [0.2, 0.25) is 17.7 Å². The Bertz CT molecular complexity index is 1030. The molecule has 34 heavy (non-hydrogen) atoms. The van der Waals surface area contributed by atoms with Crippen LogP contribution in [-0.4, -0.2) is 73.3 Å². The number of hydrogen-bond acceptors (Lipinski definition) is 5. The van der Waals surface area contributed by atoms with Gasteiger partial charge in [0.1, 0.15) is 0 Å². The van der Waals surface area contributed by atoms with Crippen LogP contribution in [0.4, 0.5) is 11.4 Å². The van der Waals surface area contributed by atoms with Crippen LogP contribution in [0.1, 0.15) is 16.7 Å². The lowest BCUT2D eigenvalue weighted by Crippen LogP contribution is -2.51. The predicted molar refractivity (Wildman–Crippen MR) is 135 cm³/mol. The van der Waals surface area contributed by atoms with Crippen molar-refractivity contribution >= 4 is 40.7 Å².